The number of thioether (sulfide) groups is 1. The predicted molar refractivity (Wildman–Crippen MR) is 115 cm³/mol. The molecule has 3 aromatic carbocycles. The van der Waals surface area contributed by atoms with Crippen molar-refractivity contribution in [2.24, 2.45) is 4.99 Å². The van der Waals surface area contributed by atoms with Crippen molar-refractivity contribution >= 4 is 23.2 Å². The number of ether oxygens (including phenoxy) is 2. The molecule has 0 unspecified atom stereocenters. The first kappa shape index (κ1) is 19.2. The summed E-state index contributed by atoms with van der Waals surface area (Å²) < 4.78 is 10.4. The van der Waals surface area contributed by atoms with Gasteiger partial charge in [-0.05, 0) is 42.0 Å². The Hall–Kier alpha value is -3.12. The average molecular weight is 407 g/mol. The largest absolute Gasteiger partial charge is 0.507 e. The lowest BCUT2D eigenvalue weighted by Crippen LogP contribution is -2.06. The van der Waals surface area contributed by atoms with Crippen LogP contribution in [0, 0.1) is 0 Å². The van der Waals surface area contributed by atoms with E-state index in [9.17, 15) is 10.2 Å². The van der Waals surface area contributed by atoms with Crippen molar-refractivity contribution in [3.63, 3.8) is 0 Å². The number of aliphatic imine (C=N–C) groups is 1. The van der Waals surface area contributed by atoms with Crippen LogP contribution in [0.25, 0.3) is 0 Å². The van der Waals surface area contributed by atoms with E-state index in [-0.39, 0.29) is 16.7 Å². The number of hydrogen-bond donors (Lipinski definition) is 2. The molecule has 2 N–H and O–H groups in total. The standard InChI is InChI=1S/C23H21NO4S/c1-27-15-8-9-16(19(25)12-15)18-13-23(14-7-10-21(28-2)20(26)11-14)29-22-6-4-3-5-17(22)24-18/h3-12,23,25-26H,13H2,1-2H3/t23-/m1/s1. The van der Waals surface area contributed by atoms with Gasteiger partial charge < -0.3 is 19.7 Å². The zero-order valence-electron chi connectivity index (χ0n) is 16.1. The Morgan fingerprint density at radius 2 is 1.76 bits per heavy atom. The lowest BCUT2D eigenvalue weighted by Gasteiger charge is -2.17. The van der Waals surface area contributed by atoms with E-state index in [1.165, 1.54) is 7.11 Å². The highest BCUT2D eigenvalue weighted by Gasteiger charge is 2.24. The van der Waals surface area contributed by atoms with Gasteiger partial charge in [0, 0.05) is 28.2 Å². The summed E-state index contributed by atoms with van der Waals surface area (Å²) in [5.41, 5.74) is 3.28. The van der Waals surface area contributed by atoms with Gasteiger partial charge in [-0.1, -0.05) is 18.2 Å². The number of aromatic hydroxyl groups is 2. The Balaban J connectivity index is 1.79. The number of phenolic OH excluding ortho intramolecular Hbond substituents is 2. The molecule has 0 aliphatic carbocycles. The van der Waals surface area contributed by atoms with Crippen LogP contribution in [0.3, 0.4) is 0 Å². The van der Waals surface area contributed by atoms with Crippen molar-refractivity contribution in [1.29, 1.82) is 0 Å². The fraction of sp³-hybridized carbons (Fsp3) is 0.174. The molecule has 1 heterocycles. The average Bonchev–Trinajstić information content (AvgIpc) is 2.93. The number of para-hydroxylation sites is 1. The number of phenols is 2. The van der Waals surface area contributed by atoms with Gasteiger partial charge in [-0.3, -0.25) is 4.99 Å². The molecular formula is C23H21NO4S. The van der Waals surface area contributed by atoms with Gasteiger partial charge >= 0.3 is 0 Å². The molecule has 0 aromatic heterocycles. The topological polar surface area (TPSA) is 71.3 Å². The van der Waals surface area contributed by atoms with Gasteiger partial charge in [0.1, 0.15) is 11.5 Å². The summed E-state index contributed by atoms with van der Waals surface area (Å²) in [7, 11) is 3.10. The van der Waals surface area contributed by atoms with Gasteiger partial charge in [0.2, 0.25) is 0 Å². The van der Waals surface area contributed by atoms with Gasteiger partial charge in [-0.2, -0.15) is 0 Å². The number of methoxy groups -OCH3 is 2. The third-order valence-corrected chi connectivity index (χ3v) is 6.18. The number of rotatable bonds is 4. The maximum absolute atomic E-state index is 10.6. The van der Waals surface area contributed by atoms with Crippen LogP contribution in [-0.4, -0.2) is 30.1 Å². The summed E-state index contributed by atoms with van der Waals surface area (Å²) in [6, 6.07) is 18.6. The maximum Gasteiger partial charge on any atom is 0.160 e. The lowest BCUT2D eigenvalue weighted by atomic mass is 10.00. The molecule has 0 fully saturated rings. The summed E-state index contributed by atoms with van der Waals surface area (Å²) in [4.78, 5) is 5.92. The van der Waals surface area contributed by atoms with Gasteiger partial charge in [0.25, 0.3) is 0 Å². The van der Waals surface area contributed by atoms with Crippen LogP contribution in [0.1, 0.15) is 22.8 Å². The normalized spacial score (nSPS) is 15.8. The monoisotopic (exact) mass is 407 g/mol. The van der Waals surface area contributed by atoms with E-state index in [4.69, 9.17) is 14.5 Å². The van der Waals surface area contributed by atoms with Crippen molar-refractivity contribution in [3.8, 4) is 23.0 Å². The zero-order valence-corrected chi connectivity index (χ0v) is 16.9. The van der Waals surface area contributed by atoms with Crippen LogP contribution in [0.15, 0.2) is 70.6 Å². The lowest BCUT2D eigenvalue weighted by molar-refractivity contribution is 0.373. The minimum absolute atomic E-state index is 0.00991. The molecule has 29 heavy (non-hydrogen) atoms. The highest BCUT2D eigenvalue weighted by atomic mass is 32.2. The molecule has 3 aromatic rings. The second-order valence-corrected chi connectivity index (χ2v) is 7.90. The Kier molecular flexibility index (Phi) is 5.36. The van der Waals surface area contributed by atoms with Crippen molar-refractivity contribution in [2.75, 3.05) is 14.2 Å². The molecule has 4 rings (SSSR count). The van der Waals surface area contributed by atoms with Gasteiger partial charge in [0.15, 0.2) is 11.5 Å². The quantitative estimate of drug-likeness (QED) is 0.600. The van der Waals surface area contributed by atoms with Crippen LogP contribution in [0.5, 0.6) is 23.0 Å². The minimum atomic E-state index is 0.00991. The second kappa shape index (κ2) is 8.09. The van der Waals surface area contributed by atoms with Gasteiger partial charge in [-0.15, -0.1) is 11.8 Å². The van der Waals surface area contributed by atoms with Gasteiger partial charge in [0.05, 0.1) is 25.6 Å². The predicted octanol–water partition coefficient (Wildman–Crippen LogP) is 5.47. The fourth-order valence-corrected chi connectivity index (χ4v) is 4.58. The molecule has 1 aliphatic rings. The zero-order chi connectivity index (χ0) is 20.4. The third kappa shape index (κ3) is 3.89. The van der Waals surface area contributed by atoms with Crippen LogP contribution < -0.4 is 9.47 Å². The molecule has 148 valence electrons. The minimum Gasteiger partial charge on any atom is -0.507 e. The second-order valence-electron chi connectivity index (χ2n) is 6.65. The van der Waals surface area contributed by atoms with E-state index in [1.807, 2.05) is 42.5 Å². The SMILES string of the molecule is COc1ccc(C2=Nc3ccccc3S[C@@H](c3ccc(OC)c(O)c3)C2)c(O)c1. The number of hydrogen-bond acceptors (Lipinski definition) is 6. The highest BCUT2D eigenvalue weighted by Crippen LogP contribution is 2.47. The number of benzene rings is 3. The highest BCUT2D eigenvalue weighted by molar-refractivity contribution is 7.99. The van der Waals surface area contributed by atoms with Crippen molar-refractivity contribution in [1.82, 2.24) is 0 Å². The Morgan fingerprint density at radius 3 is 2.48 bits per heavy atom. The Morgan fingerprint density at radius 1 is 0.931 bits per heavy atom. The summed E-state index contributed by atoms with van der Waals surface area (Å²) in [5.74, 6) is 1.26. The summed E-state index contributed by atoms with van der Waals surface area (Å²) in [5, 5.41) is 20.8. The molecule has 0 spiro atoms. The summed E-state index contributed by atoms with van der Waals surface area (Å²) in [6.45, 7) is 0. The van der Waals surface area contributed by atoms with Crippen LogP contribution >= 0.6 is 11.8 Å². The van der Waals surface area contributed by atoms with Crippen molar-refractivity contribution in [2.45, 2.75) is 16.6 Å². The van der Waals surface area contributed by atoms with E-state index >= 15 is 0 Å². The summed E-state index contributed by atoms with van der Waals surface area (Å²) >= 11 is 1.69. The van der Waals surface area contributed by atoms with E-state index in [2.05, 4.69) is 0 Å². The van der Waals surface area contributed by atoms with Crippen LogP contribution in [0.2, 0.25) is 0 Å². The molecule has 1 atom stereocenters. The summed E-state index contributed by atoms with van der Waals surface area (Å²) in [6.07, 6.45) is 0.588. The Labute approximate surface area is 173 Å². The molecule has 0 saturated carbocycles. The van der Waals surface area contributed by atoms with E-state index in [1.54, 1.807) is 37.1 Å². The molecule has 6 heteroatoms. The van der Waals surface area contributed by atoms with E-state index in [0.29, 0.717) is 23.5 Å². The first-order valence-corrected chi connectivity index (χ1v) is 10.0. The first-order chi connectivity index (χ1) is 14.1. The molecule has 1 aliphatic heterocycles. The fourth-order valence-electron chi connectivity index (χ4n) is 3.36. The van der Waals surface area contributed by atoms with Crippen LogP contribution in [-0.2, 0) is 0 Å². The van der Waals surface area contributed by atoms with Crippen LogP contribution in [0.4, 0.5) is 5.69 Å². The first-order valence-electron chi connectivity index (χ1n) is 9.16. The molecule has 0 amide bonds. The molecule has 0 bridgehead atoms. The van der Waals surface area contributed by atoms with Gasteiger partial charge in [-0.25, -0.2) is 0 Å². The van der Waals surface area contributed by atoms with E-state index in [0.717, 1.165) is 21.9 Å². The number of nitrogens with zero attached hydrogens (tertiary/aromatic N) is 1. The number of fused-ring (bicyclic) bond motifs is 1. The molecule has 0 saturated heterocycles. The maximum atomic E-state index is 10.6. The Bertz CT molecular complexity index is 1080. The van der Waals surface area contributed by atoms with E-state index < -0.39 is 0 Å². The van der Waals surface area contributed by atoms with Crippen molar-refractivity contribution < 1.29 is 19.7 Å². The smallest absolute Gasteiger partial charge is 0.160 e. The molecule has 5 nitrogen and oxygen atoms in total. The van der Waals surface area contributed by atoms with Crippen molar-refractivity contribution in [3.05, 3.63) is 71.8 Å². The molecule has 0 radical (unpaired) electrons. The molecular weight excluding hydrogens is 386 g/mol. The third-order valence-electron chi connectivity index (χ3n) is 4.86.